The van der Waals surface area contributed by atoms with Gasteiger partial charge in [0.1, 0.15) is 0 Å². The summed E-state index contributed by atoms with van der Waals surface area (Å²) < 4.78 is 5.10. The van der Waals surface area contributed by atoms with Crippen molar-refractivity contribution in [2.75, 3.05) is 19.7 Å². The molecule has 1 aliphatic heterocycles. The van der Waals surface area contributed by atoms with E-state index in [1.165, 1.54) is 4.90 Å². The number of aromatic amines is 1. The summed E-state index contributed by atoms with van der Waals surface area (Å²) >= 11 is 0. The van der Waals surface area contributed by atoms with E-state index >= 15 is 0 Å². The Labute approximate surface area is 114 Å². The molecule has 1 aromatic heterocycles. The molecule has 1 amide bonds. The molecule has 3 rings (SSSR count). The number of para-hydroxylation sites is 1. The van der Waals surface area contributed by atoms with Gasteiger partial charge in [-0.25, -0.2) is 4.79 Å². The van der Waals surface area contributed by atoms with Gasteiger partial charge >= 0.3 is 5.97 Å². The summed E-state index contributed by atoms with van der Waals surface area (Å²) in [4.78, 5) is 24.8. The average Bonchev–Trinajstić information content (AvgIpc) is 2.90. The molecule has 7 heteroatoms. The summed E-state index contributed by atoms with van der Waals surface area (Å²) in [5, 5.41) is 16.5. The zero-order valence-electron chi connectivity index (χ0n) is 10.6. The molecule has 2 aromatic rings. The third-order valence-electron chi connectivity index (χ3n) is 3.30. The first kappa shape index (κ1) is 12.6. The molecule has 1 fully saturated rings. The van der Waals surface area contributed by atoms with Gasteiger partial charge in [-0.05, 0) is 6.07 Å². The predicted octanol–water partition coefficient (Wildman–Crippen LogP) is 0.488. The molecule has 0 spiro atoms. The highest BCUT2D eigenvalue weighted by molar-refractivity contribution is 6.04. The molecular formula is C13H13N3O4. The number of benzene rings is 1. The van der Waals surface area contributed by atoms with Gasteiger partial charge in [0, 0.05) is 11.9 Å². The highest BCUT2D eigenvalue weighted by Gasteiger charge is 2.30. The Morgan fingerprint density at radius 2 is 2.20 bits per heavy atom. The van der Waals surface area contributed by atoms with Crippen molar-refractivity contribution < 1.29 is 19.4 Å². The van der Waals surface area contributed by atoms with Crippen molar-refractivity contribution in [1.29, 1.82) is 0 Å². The van der Waals surface area contributed by atoms with Crippen molar-refractivity contribution >= 4 is 22.8 Å². The molecule has 104 valence electrons. The van der Waals surface area contributed by atoms with Crippen LogP contribution in [0, 0.1) is 0 Å². The number of ether oxygens (including phenoxy) is 1. The Bertz CT molecular complexity index is 666. The van der Waals surface area contributed by atoms with Gasteiger partial charge in [-0.2, -0.15) is 5.10 Å². The van der Waals surface area contributed by atoms with Crippen LogP contribution in [0.15, 0.2) is 24.3 Å². The van der Waals surface area contributed by atoms with Crippen LogP contribution in [0.25, 0.3) is 10.9 Å². The van der Waals surface area contributed by atoms with Gasteiger partial charge in [0.25, 0.3) is 5.91 Å². The Morgan fingerprint density at radius 1 is 1.40 bits per heavy atom. The summed E-state index contributed by atoms with van der Waals surface area (Å²) in [5.41, 5.74) is 1.09. The van der Waals surface area contributed by atoms with Crippen molar-refractivity contribution in [2.45, 2.75) is 6.10 Å². The van der Waals surface area contributed by atoms with E-state index in [2.05, 4.69) is 10.2 Å². The minimum absolute atomic E-state index is 0.0371. The van der Waals surface area contributed by atoms with E-state index in [0.717, 1.165) is 10.9 Å². The van der Waals surface area contributed by atoms with Crippen LogP contribution in [0.2, 0.25) is 0 Å². The van der Waals surface area contributed by atoms with Crippen LogP contribution in [0.3, 0.4) is 0 Å². The fourth-order valence-corrected chi connectivity index (χ4v) is 2.26. The van der Waals surface area contributed by atoms with Crippen molar-refractivity contribution in [2.24, 2.45) is 0 Å². The predicted molar refractivity (Wildman–Crippen MR) is 69.4 cm³/mol. The second-order valence-electron chi connectivity index (χ2n) is 4.57. The number of nitrogens with zero attached hydrogens (tertiary/aromatic N) is 2. The lowest BCUT2D eigenvalue weighted by Crippen LogP contribution is -2.48. The maximum Gasteiger partial charge on any atom is 0.334 e. The Kier molecular flexibility index (Phi) is 3.11. The van der Waals surface area contributed by atoms with E-state index in [4.69, 9.17) is 9.84 Å². The lowest BCUT2D eigenvalue weighted by atomic mass is 10.2. The van der Waals surface area contributed by atoms with E-state index in [9.17, 15) is 9.59 Å². The number of morpholine rings is 1. The fourth-order valence-electron chi connectivity index (χ4n) is 2.26. The third-order valence-corrected chi connectivity index (χ3v) is 3.30. The standard InChI is InChI=1S/C13H13N3O4/c17-12(16-5-6-20-10(7-16)13(18)19)11-8-3-1-2-4-9(8)14-15-11/h1-4,10H,5-7H2,(H,14,15)(H,18,19)/t10-/m1/s1. The normalized spacial score (nSPS) is 19.2. The van der Waals surface area contributed by atoms with Gasteiger partial charge in [0.05, 0.1) is 18.7 Å². The van der Waals surface area contributed by atoms with Crippen LogP contribution in [-0.4, -0.2) is 57.9 Å². The molecule has 2 N–H and O–H groups in total. The van der Waals surface area contributed by atoms with Crippen molar-refractivity contribution in [3.8, 4) is 0 Å². The van der Waals surface area contributed by atoms with E-state index in [1.54, 1.807) is 6.07 Å². The monoisotopic (exact) mass is 275 g/mol. The van der Waals surface area contributed by atoms with Gasteiger partial charge < -0.3 is 14.7 Å². The number of hydrogen-bond donors (Lipinski definition) is 2. The number of carbonyl (C=O) groups is 2. The van der Waals surface area contributed by atoms with Crippen molar-refractivity contribution in [3.05, 3.63) is 30.0 Å². The van der Waals surface area contributed by atoms with Crippen LogP contribution in [-0.2, 0) is 9.53 Å². The van der Waals surface area contributed by atoms with Gasteiger partial charge in [-0.1, -0.05) is 18.2 Å². The molecule has 1 atom stereocenters. The number of H-pyrrole nitrogens is 1. The first-order valence-electron chi connectivity index (χ1n) is 6.23. The average molecular weight is 275 g/mol. The number of carbonyl (C=O) groups excluding carboxylic acids is 1. The van der Waals surface area contributed by atoms with Gasteiger partial charge in [-0.15, -0.1) is 0 Å². The second kappa shape index (κ2) is 4.93. The Balaban J connectivity index is 1.87. The Hall–Kier alpha value is -2.41. The number of aromatic nitrogens is 2. The Morgan fingerprint density at radius 3 is 3.00 bits per heavy atom. The minimum Gasteiger partial charge on any atom is -0.479 e. The number of hydrogen-bond acceptors (Lipinski definition) is 4. The van der Waals surface area contributed by atoms with Crippen LogP contribution in [0.1, 0.15) is 10.5 Å². The number of carboxylic acid groups (broad SMARTS) is 1. The zero-order chi connectivity index (χ0) is 14.1. The molecule has 1 aromatic carbocycles. The highest BCUT2D eigenvalue weighted by atomic mass is 16.5. The number of carboxylic acids is 1. The molecule has 0 bridgehead atoms. The van der Waals surface area contributed by atoms with E-state index < -0.39 is 12.1 Å². The number of nitrogens with one attached hydrogen (secondary N) is 1. The minimum atomic E-state index is -1.06. The fraction of sp³-hybridized carbons (Fsp3) is 0.308. The molecule has 0 saturated carbocycles. The van der Waals surface area contributed by atoms with Crippen LogP contribution < -0.4 is 0 Å². The molecule has 1 saturated heterocycles. The van der Waals surface area contributed by atoms with Gasteiger partial charge in [0.2, 0.25) is 0 Å². The first-order chi connectivity index (χ1) is 9.66. The van der Waals surface area contributed by atoms with Crippen LogP contribution in [0.4, 0.5) is 0 Å². The van der Waals surface area contributed by atoms with Crippen molar-refractivity contribution in [3.63, 3.8) is 0 Å². The lowest BCUT2D eigenvalue weighted by Gasteiger charge is -2.30. The summed E-state index contributed by atoms with van der Waals surface area (Å²) in [5.74, 6) is -1.34. The van der Waals surface area contributed by atoms with E-state index in [-0.39, 0.29) is 19.1 Å². The van der Waals surface area contributed by atoms with Gasteiger partial charge in [-0.3, -0.25) is 9.89 Å². The number of fused-ring (bicyclic) bond motifs is 1. The topological polar surface area (TPSA) is 95.5 Å². The quantitative estimate of drug-likeness (QED) is 0.831. The van der Waals surface area contributed by atoms with E-state index in [0.29, 0.717) is 12.2 Å². The van der Waals surface area contributed by atoms with Crippen LogP contribution in [0.5, 0.6) is 0 Å². The third kappa shape index (κ3) is 2.12. The molecule has 0 radical (unpaired) electrons. The largest absolute Gasteiger partial charge is 0.479 e. The zero-order valence-corrected chi connectivity index (χ0v) is 10.6. The first-order valence-corrected chi connectivity index (χ1v) is 6.23. The summed E-state index contributed by atoms with van der Waals surface area (Å²) in [7, 11) is 0. The van der Waals surface area contributed by atoms with Crippen LogP contribution >= 0.6 is 0 Å². The highest BCUT2D eigenvalue weighted by Crippen LogP contribution is 2.18. The lowest BCUT2D eigenvalue weighted by molar-refractivity contribution is -0.154. The molecule has 0 unspecified atom stereocenters. The molecule has 1 aliphatic rings. The number of rotatable bonds is 2. The molecule has 2 heterocycles. The number of aliphatic carboxylic acids is 1. The summed E-state index contributed by atoms with van der Waals surface area (Å²) in [6.07, 6.45) is -0.974. The summed E-state index contributed by atoms with van der Waals surface area (Å²) in [6.45, 7) is 0.615. The summed E-state index contributed by atoms with van der Waals surface area (Å²) in [6, 6.07) is 7.32. The second-order valence-corrected chi connectivity index (χ2v) is 4.57. The molecular weight excluding hydrogens is 262 g/mol. The van der Waals surface area contributed by atoms with E-state index in [1.807, 2.05) is 18.2 Å². The van der Waals surface area contributed by atoms with Gasteiger partial charge in [0.15, 0.2) is 11.8 Å². The smallest absolute Gasteiger partial charge is 0.334 e. The molecule has 0 aliphatic carbocycles. The number of amides is 1. The molecule has 20 heavy (non-hydrogen) atoms. The van der Waals surface area contributed by atoms with Crippen molar-refractivity contribution in [1.82, 2.24) is 15.1 Å². The maximum absolute atomic E-state index is 12.4. The molecule has 7 nitrogen and oxygen atoms in total. The SMILES string of the molecule is O=C(O)[C@H]1CN(C(=O)c2n[nH]c3ccccc23)CCO1. The maximum atomic E-state index is 12.4.